The maximum atomic E-state index is 12.5. The topological polar surface area (TPSA) is 86.2 Å². The van der Waals surface area contributed by atoms with Crippen molar-refractivity contribution in [2.45, 2.75) is 19.8 Å². The maximum Gasteiger partial charge on any atom is 0.345 e. The monoisotopic (exact) mass is 514 g/mol. The zero-order valence-electron chi connectivity index (χ0n) is 19.2. The summed E-state index contributed by atoms with van der Waals surface area (Å²) in [6, 6.07) is 16.2. The van der Waals surface area contributed by atoms with Gasteiger partial charge in [-0.15, -0.1) is 0 Å². The summed E-state index contributed by atoms with van der Waals surface area (Å²) in [4.78, 5) is 24.8. The van der Waals surface area contributed by atoms with Crippen molar-refractivity contribution in [2.24, 2.45) is 5.10 Å². The summed E-state index contributed by atoms with van der Waals surface area (Å²) in [5, 5.41) is 4.58. The highest BCUT2D eigenvalue weighted by molar-refractivity contribution is 6.36. The Bertz CT molecular complexity index is 1210. The van der Waals surface area contributed by atoms with Crippen LogP contribution in [0.5, 0.6) is 17.2 Å². The maximum absolute atomic E-state index is 12.5. The first kappa shape index (κ1) is 26.1. The molecule has 0 saturated carbocycles. The first-order chi connectivity index (χ1) is 16.9. The number of methoxy groups -OCH3 is 1. The van der Waals surface area contributed by atoms with Crippen LogP contribution in [0.3, 0.4) is 0 Å². The number of hydrogen-bond donors (Lipinski definition) is 1. The number of esters is 1. The van der Waals surface area contributed by atoms with Gasteiger partial charge >= 0.3 is 5.97 Å². The lowest BCUT2D eigenvalue weighted by molar-refractivity contribution is 0.0729. The molecule has 0 aromatic heterocycles. The predicted molar refractivity (Wildman–Crippen MR) is 136 cm³/mol. The van der Waals surface area contributed by atoms with Crippen molar-refractivity contribution in [3.63, 3.8) is 0 Å². The lowest BCUT2D eigenvalue weighted by Gasteiger charge is -2.10. The highest BCUT2D eigenvalue weighted by atomic mass is 35.5. The van der Waals surface area contributed by atoms with Crippen molar-refractivity contribution in [3.05, 3.63) is 87.4 Å². The Labute approximate surface area is 213 Å². The Hall–Kier alpha value is -3.55. The highest BCUT2D eigenvalue weighted by Gasteiger charge is 2.16. The Balaban J connectivity index is 1.61. The minimum atomic E-state index is -0.652. The Morgan fingerprint density at radius 2 is 1.77 bits per heavy atom. The number of hydrogen-bond acceptors (Lipinski definition) is 6. The van der Waals surface area contributed by atoms with E-state index >= 15 is 0 Å². The molecule has 0 heterocycles. The molecule has 0 aliphatic rings. The van der Waals surface area contributed by atoms with Gasteiger partial charge in [0.15, 0.2) is 11.5 Å². The number of nitrogens with one attached hydrogen (secondary N) is 1. The molecule has 0 radical (unpaired) electrons. The summed E-state index contributed by atoms with van der Waals surface area (Å²) < 4.78 is 16.3. The first-order valence-electron chi connectivity index (χ1n) is 10.8. The van der Waals surface area contributed by atoms with Gasteiger partial charge in [-0.25, -0.2) is 10.2 Å². The summed E-state index contributed by atoms with van der Waals surface area (Å²) in [6.45, 7) is 2.73. The van der Waals surface area contributed by atoms with E-state index in [-0.39, 0.29) is 22.2 Å². The van der Waals surface area contributed by atoms with Crippen molar-refractivity contribution in [3.8, 4) is 17.2 Å². The fourth-order valence-corrected chi connectivity index (χ4v) is 3.41. The third-order valence-electron chi connectivity index (χ3n) is 4.80. The highest BCUT2D eigenvalue weighted by Crippen LogP contribution is 2.30. The number of benzene rings is 3. The summed E-state index contributed by atoms with van der Waals surface area (Å²) in [7, 11) is 1.44. The van der Waals surface area contributed by atoms with E-state index in [0.717, 1.165) is 12.8 Å². The predicted octanol–water partition coefficient (Wildman–Crippen LogP) is 6.16. The van der Waals surface area contributed by atoms with E-state index < -0.39 is 5.97 Å². The molecule has 1 N–H and O–H groups in total. The number of unbranched alkanes of at least 4 members (excludes halogenated alkanes) is 1. The smallest absolute Gasteiger partial charge is 0.345 e. The number of rotatable bonds is 10. The molecular formula is C26H24Cl2N2O5. The zero-order chi connectivity index (χ0) is 25.2. The second kappa shape index (κ2) is 12.8. The largest absolute Gasteiger partial charge is 0.494 e. The van der Waals surface area contributed by atoms with Crippen LogP contribution in [0.1, 0.15) is 46.0 Å². The van der Waals surface area contributed by atoms with Gasteiger partial charge in [-0.2, -0.15) is 5.10 Å². The van der Waals surface area contributed by atoms with Crippen LogP contribution in [-0.2, 0) is 0 Å². The van der Waals surface area contributed by atoms with Crippen LogP contribution < -0.4 is 19.6 Å². The van der Waals surface area contributed by atoms with Crippen LogP contribution in [-0.4, -0.2) is 31.8 Å². The fraction of sp³-hybridized carbons (Fsp3) is 0.192. The number of halogens is 2. The van der Waals surface area contributed by atoms with E-state index in [9.17, 15) is 9.59 Å². The van der Waals surface area contributed by atoms with E-state index in [1.54, 1.807) is 48.5 Å². The number of amides is 1. The minimum absolute atomic E-state index is 0.173. The van der Waals surface area contributed by atoms with Crippen LogP contribution in [0, 0.1) is 0 Å². The van der Waals surface area contributed by atoms with Crippen LogP contribution in [0.4, 0.5) is 0 Å². The molecular weight excluding hydrogens is 491 g/mol. The number of nitrogens with zero attached hydrogens (tertiary/aromatic N) is 1. The third-order valence-corrected chi connectivity index (χ3v) is 5.35. The number of carbonyl (C=O) groups is 2. The second-order valence-electron chi connectivity index (χ2n) is 7.35. The lowest BCUT2D eigenvalue weighted by atomic mass is 10.2. The van der Waals surface area contributed by atoms with Gasteiger partial charge in [0, 0.05) is 10.6 Å². The molecule has 0 saturated heterocycles. The average Bonchev–Trinajstić information content (AvgIpc) is 2.85. The lowest BCUT2D eigenvalue weighted by Crippen LogP contribution is -2.17. The Morgan fingerprint density at radius 3 is 2.46 bits per heavy atom. The van der Waals surface area contributed by atoms with Crippen molar-refractivity contribution < 1.29 is 23.8 Å². The van der Waals surface area contributed by atoms with Crippen molar-refractivity contribution in [2.75, 3.05) is 13.7 Å². The molecule has 0 fully saturated rings. The summed E-state index contributed by atoms with van der Waals surface area (Å²) >= 11 is 11.9. The van der Waals surface area contributed by atoms with Gasteiger partial charge < -0.3 is 14.2 Å². The quantitative estimate of drug-likeness (QED) is 0.115. The van der Waals surface area contributed by atoms with Crippen molar-refractivity contribution in [1.29, 1.82) is 0 Å². The molecule has 0 bridgehead atoms. The van der Waals surface area contributed by atoms with E-state index in [1.807, 2.05) is 0 Å². The molecule has 9 heteroatoms. The zero-order valence-corrected chi connectivity index (χ0v) is 20.7. The second-order valence-corrected chi connectivity index (χ2v) is 8.19. The van der Waals surface area contributed by atoms with Crippen LogP contribution >= 0.6 is 23.2 Å². The van der Waals surface area contributed by atoms with Crippen LogP contribution in [0.25, 0.3) is 0 Å². The molecule has 1 amide bonds. The molecule has 3 aromatic rings. The van der Waals surface area contributed by atoms with E-state index in [4.69, 9.17) is 37.4 Å². The third kappa shape index (κ3) is 7.47. The normalized spacial score (nSPS) is 10.7. The average molecular weight is 515 g/mol. The molecule has 3 aromatic carbocycles. The van der Waals surface area contributed by atoms with Gasteiger partial charge in [0.2, 0.25) is 0 Å². The number of carbonyl (C=O) groups excluding carboxylic acids is 2. The van der Waals surface area contributed by atoms with Crippen molar-refractivity contribution >= 4 is 41.3 Å². The molecule has 0 atom stereocenters. The van der Waals surface area contributed by atoms with Gasteiger partial charge in [0.25, 0.3) is 5.91 Å². The van der Waals surface area contributed by atoms with Gasteiger partial charge in [-0.3, -0.25) is 4.79 Å². The molecule has 0 unspecified atom stereocenters. The molecule has 35 heavy (non-hydrogen) atoms. The van der Waals surface area contributed by atoms with E-state index in [2.05, 4.69) is 17.5 Å². The first-order valence-corrected chi connectivity index (χ1v) is 11.6. The SMILES string of the molecule is CCCCOc1ccc(C(=O)NN=Cc2ccc(OC(=O)c3ccc(Cl)cc3Cl)c(OC)c2)cc1. The molecule has 182 valence electrons. The summed E-state index contributed by atoms with van der Waals surface area (Å²) in [6.07, 6.45) is 3.47. The van der Waals surface area contributed by atoms with Crippen LogP contribution in [0.2, 0.25) is 10.0 Å². The van der Waals surface area contributed by atoms with Gasteiger partial charge in [0.1, 0.15) is 5.75 Å². The van der Waals surface area contributed by atoms with Crippen molar-refractivity contribution in [1.82, 2.24) is 5.43 Å². The Kier molecular flexibility index (Phi) is 9.52. The molecule has 0 aliphatic carbocycles. The standard InChI is InChI=1S/C26H24Cl2N2O5/c1-3-4-13-34-20-9-6-18(7-10-20)25(31)30-29-16-17-5-12-23(24(14-17)33-2)35-26(32)21-11-8-19(27)15-22(21)28/h5-12,14-16H,3-4,13H2,1-2H3,(H,30,31). The van der Waals surface area contributed by atoms with Gasteiger partial charge in [-0.05, 0) is 72.6 Å². The molecule has 3 rings (SSSR count). The van der Waals surface area contributed by atoms with E-state index in [0.29, 0.717) is 34.3 Å². The summed E-state index contributed by atoms with van der Waals surface area (Å²) in [5.41, 5.74) is 3.71. The molecule has 0 aliphatic heterocycles. The van der Waals surface area contributed by atoms with E-state index in [1.165, 1.54) is 25.5 Å². The van der Waals surface area contributed by atoms with Gasteiger partial charge in [0.05, 0.1) is 30.5 Å². The van der Waals surface area contributed by atoms with Crippen LogP contribution in [0.15, 0.2) is 65.8 Å². The van der Waals surface area contributed by atoms with Gasteiger partial charge in [-0.1, -0.05) is 36.5 Å². The number of ether oxygens (including phenoxy) is 3. The minimum Gasteiger partial charge on any atom is -0.494 e. The molecule has 7 nitrogen and oxygen atoms in total. The fourth-order valence-electron chi connectivity index (χ4n) is 2.93. The number of hydrazone groups is 1. The molecule has 0 spiro atoms. The summed E-state index contributed by atoms with van der Waals surface area (Å²) in [5.74, 6) is 0.201. The Morgan fingerprint density at radius 1 is 1.00 bits per heavy atom.